The molecule has 0 aliphatic carbocycles. The van der Waals surface area contributed by atoms with E-state index < -0.39 is 5.92 Å². The van der Waals surface area contributed by atoms with Gasteiger partial charge in [-0.2, -0.15) is 0 Å². The van der Waals surface area contributed by atoms with E-state index in [-0.39, 0.29) is 23.9 Å². The van der Waals surface area contributed by atoms with Crippen molar-refractivity contribution >= 4 is 17.8 Å². The molecule has 1 unspecified atom stereocenters. The first-order chi connectivity index (χ1) is 14.7. The zero-order chi connectivity index (χ0) is 20.7. The van der Waals surface area contributed by atoms with E-state index in [1.54, 1.807) is 30.5 Å². The Bertz CT molecular complexity index is 1200. The normalized spacial score (nSPS) is 17.4. The Kier molecular flexibility index (Phi) is 4.32. The Balaban J connectivity index is 1.63. The van der Waals surface area contributed by atoms with Gasteiger partial charge in [-0.1, -0.05) is 36.4 Å². The number of nitrogens with zero attached hydrogens (tertiary/aromatic N) is 1. The number of ketones is 1. The van der Waals surface area contributed by atoms with E-state index in [2.05, 4.69) is 4.98 Å². The van der Waals surface area contributed by atoms with Crippen LogP contribution in [0.25, 0.3) is 6.08 Å². The maximum Gasteiger partial charge on any atom is 0.306 e. The minimum atomic E-state index is -0.399. The zero-order valence-electron chi connectivity index (χ0n) is 16.1. The van der Waals surface area contributed by atoms with Gasteiger partial charge < -0.3 is 14.2 Å². The number of fused-ring (bicyclic) bond motifs is 4. The third kappa shape index (κ3) is 2.93. The van der Waals surface area contributed by atoms with Crippen molar-refractivity contribution < 1.29 is 23.8 Å². The first kappa shape index (κ1) is 18.1. The van der Waals surface area contributed by atoms with Crippen molar-refractivity contribution in [3.8, 4) is 17.4 Å². The molecule has 0 bridgehead atoms. The number of carbonyl (C=O) groups is 2. The Morgan fingerprint density at radius 3 is 2.73 bits per heavy atom. The molecule has 0 spiro atoms. The summed E-state index contributed by atoms with van der Waals surface area (Å²) in [5, 5.41) is 0. The lowest BCUT2D eigenvalue weighted by Gasteiger charge is -2.27. The Morgan fingerprint density at radius 2 is 1.93 bits per heavy atom. The van der Waals surface area contributed by atoms with Crippen LogP contribution in [0, 0.1) is 0 Å². The summed E-state index contributed by atoms with van der Waals surface area (Å²) >= 11 is 0. The molecule has 30 heavy (non-hydrogen) atoms. The fourth-order valence-corrected chi connectivity index (χ4v) is 3.85. The van der Waals surface area contributed by atoms with Crippen LogP contribution in [0.1, 0.15) is 39.4 Å². The second-order valence-electron chi connectivity index (χ2n) is 7.04. The summed E-state index contributed by atoms with van der Waals surface area (Å²) in [6, 6.07) is 16.5. The molecule has 0 fully saturated rings. The lowest BCUT2D eigenvalue weighted by molar-refractivity contribution is -0.140. The molecule has 0 saturated heterocycles. The van der Waals surface area contributed by atoms with E-state index in [1.165, 1.54) is 7.11 Å². The van der Waals surface area contributed by atoms with E-state index in [0.717, 1.165) is 11.1 Å². The first-order valence-electron chi connectivity index (χ1n) is 9.51. The molecule has 1 aromatic heterocycles. The summed E-state index contributed by atoms with van der Waals surface area (Å²) in [6.07, 6.45) is 3.42. The van der Waals surface area contributed by atoms with Gasteiger partial charge in [-0.3, -0.25) is 9.59 Å². The number of ether oxygens (including phenoxy) is 3. The average molecular weight is 399 g/mol. The summed E-state index contributed by atoms with van der Waals surface area (Å²) in [5.74, 6) is 0.631. The predicted octanol–water partition coefficient (Wildman–Crippen LogP) is 4.50. The first-order valence-corrected chi connectivity index (χ1v) is 9.51. The smallest absolute Gasteiger partial charge is 0.306 e. The molecule has 0 radical (unpaired) electrons. The predicted molar refractivity (Wildman–Crippen MR) is 109 cm³/mol. The van der Waals surface area contributed by atoms with Gasteiger partial charge in [0.2, 0.25) is 11.7 Å². The standard InChI is InChI=1S/C24H17NO5/c1-28-20(26)13-17-15-8-5-11-25-24(15)30-18-10-9-16-22(27)19(29-23(16)21(17)18)12-14-6-3-2-4-7-14/h2-12,17H,13H2,1H3. The lowest BCUT2D eigenvalue weighted by atomic mass is 9.85. The van der Waals surface area contributed by atoms with E-state index in [0.29, 0.717) is 28.5 Å². The number of hydrogen-bond acceptors (Lipinski definition) is 6. The van der Waals surface area contributed by atoms with Crippen molar-refractivity contribution in [1.29, 1.82) is 0 Å². The Morgan fingerprint density at radius 1 is 1.10 bits per heavy atom. The minimum absolute atomic E-state index is 0.0806. The summed E-state index contributed by atoms with van der Waals surface area (Å²) in [4.78, 5) is 29.4. The van der Waals surface area contributed by atoms with Gasteiger partial charge in [0.25, 0.3) is 0 Å². The van der Waals surface area contributed by atoms with Crippen LogP contribution >= 0.6 is 0 Å². The number of esters is 1. The van der Waals surface area contributed by atoms with E-state index in [9.17, 15) is 9.59 Å². The maximum atomic E-state index is 13.0. The molecule has 2 aliphatic rings. The van der Waals surface area contributed by atoms with Crippen LogP contribution in [0.15, 0.2) is 66.6 Å². The van der Waals surface area contributed by atoms with Crippen LogP contribution in [-0.4, -0.2) is 23.8 Å². The highest BCUT2D eigenvalue weighted by atomic mass is 16.5. The Hall–Kier alpha value is -3.93. The zero-order valence-corrected chi connectivity index (χ0v) is 16.1. The van der Waals surface area contributed by atoms with E-state index >= 15 is 0 Å². The molecular formula is C24H17NO5. The number of benzene rings is 2. The number of allylic oxidation sites excluding steroid dienone is 1. The molecule has 0 amide bonds. The number of aromatic nitrogens is 1. The van der Waals surface area contributed by atoms with Crippen molar-refractivity contribution in [2.45, 2.75) is 12.3 Å². The highest BCUT2D eigenvalue weighted by molar-refractivity contribution is 6.15. The van der Waals surface area contributed by atoms with Crippen LogP contribution < -0.4 is 9.47 Å². The number of rotatable bonds is 3. The van der Waals surface area contributed by atoms with E-state index in [4.69, 9.17) is 14.2 Å². The highest BCUT2D eigenvalue weighted by Gasteiger charge is 2.39. The monoisotopic (exact) mass is 399 g/mol. The van der Waals surface area contributed by atoms with Gasteiger partial charge in [0.15, 0.2) is 5.76 Å². The van der Waals surface area contributed by atoms with E-state index in [1.807, 2.05) is 36.4 Å². The van der Waals surface area contributed by atoms with Crippen LogP contribution in [0.2, 0.25) is 0 Å². The van der Waals surface area contributed by atoms with Gasteiger partial charge in [-0.25, -0.2) is 4.98 Å². The highest BCUT2D eigenvalue weighted by Crippen LogP contribution is 2.52. The molecule has 0 saturated carbocycles. The van der Waals surface area contributed by atoms with Gasteiger partial charge in [-0.05, 0) is 29.8 Å². The third-order valence-electron chi connectivity index (χ3n) is 5.26. The number of methoxy groups -OCH3 is 1. The number of hydrogen-bond donors (Lipinski definition) is 0. The van der Waals surface area contributed by atoms with Crippen molar-refractivity contribution in [3.63, 3.8) is 0 Å². The largest absolute Gasteiger partial charge is 0.469 e. The van der Waals surface area contributed by atoms with Gasteiger partial charge in [0.1, 0.15) is 11.5 Å². The quantitative estimate of drug-likeness (QED) is 0.477. The van der Waals surface area contributed by atoms with Crippen LogP contribution in [0.3, 0.4) is 0 Å². The molecule has 6 heteroatoms. The molecule has 1 atom stereocenters. The second-order valence-corrected chi connectivity index (χ2v) is 7.04. The molecule has 2 aromatic carbocycles. The molecule has 3 aromatic rings. The molecule has 3 heterocycles. The fraction of sp³-hybridized carbons (Fsp3) is 0.125. The number of carbonyl (C=O) groups excluding carboxylic acids is 2. The number of Topliss-reactive ketones (excluding diaryl/α,β-unsaturated/α-hetero) is 1. The van der Waals surface area contributed by atoms with Crippen LogP contribution in [0.5, 0.6) is 17.4 Å². The van der Waals surface area contributed by atoms with Crippen molar-refractivity contribution in [3.05, 3.63) is 88.8 Å². The van der Waals surface area contributed by atoms with Gasteiger partial charge in [0.05, 0.1) is 19.1 Å². The topological polar surface area (TPSA) is 74.7 Å². The Labute approximate surface area is 172 Å². The van der Waals surface area contributed by atoms with Crippen molar-refractivity contribution in [2.75, 3.05) is 7.11 Å². The average Bonchev–Trinajstić information content (AvgIpc) is 3.09. The molecule has 0 N–H and O–H groups in total. The second kappa shape index (κ2) is 7.15. The minimum Gasteiger partial charge on any atom is -0.469 e. The molecule has 5 rings (SSSR count). The van der Waals surface area contributed by atoms with Gasteiger partial charge in [0, 0.05) is 23.2 Å². The van der Waals surface area contributed by atoms with Crippen LogP contribution in [0.4, 0.5) is 0 Å². The molecular weight excluding hydrogens is 382 g/mol. The summed E-state index contributed by atoms with van der Waals surface area (Å²) in [7, 11) is 1.35. The fourth-order valence-electron chi connectivity index (χ4n) is 3.85. The summed E-state index contributed by atoms with van der Waals surface area (Å²) in [5.41, 5.74) is 2.71. The third-order valence-corrected chi connectivity index (χ3v) is 5.26. The molecule has 2 aliphatic heterocycles. The molecule has 6 nitrogen and oxygen atoms in total. The molecule has 148 valence electrons. The summed E-state index contributed by atoms with van der Waals surface area (Å²) < 4.78 is 16.9. The van der Waals surface area contributed by atoms with Crippen LogP contribution in [-0.2, 0) is 9.53 Å². The van der Waals surface area contributed by atoms with Gasteiger partial charge >= 0.3 is 5.97 Å². The van der Waals surface area contributed by atoms with Crippen molar-refractivity contribution in [1.82, 2.24) is 4.98 Å². The van der Waals surface area contributed by atoms with Crippen molar-refractivity contribution in [2.24, 2.45) is 0 Å². The lowest BCUT2D eigenvalue weighted by Crippen LogP contribution is -2.16. The SMILES string of the molecule is COC(=O)CC1c2cccnc2Oc2ccc3c(c21)OC(=Cc1ccccc1)C3=O. The summed E-state index contributed by atoms with van der Waals surface area (Å²) in [6.45, 7) is 0. The van der Waals surface area contributed by atoms with Gasteiger partial charge in [-0.15, -0.1) is 0 Å². The number of pyridine rings is 1. The maximum absolute atomic E-state index is 13.0.